The summed E-state index contributed by atoms with van der Waals surface area (Å²) in [6.45, 7) is 0. The van der Waals surface area contributed by atoms with Crippen molar-refractivity contribution in [2.24, 2.45) is 5.10 Å². The number of hydrogen-bond donors (Lipinski definition) is 3. The molecule has 0 unspecified atom stereocenters. The van der Waals surface area contributed by atoms with Gasteiger partial charge in [0.25, 0.3) is 0 Å². The quantitative estimate of drug-likeness (QED) is 0.160. The van der Waals surface area contributed by atoms with Gasteiger partial charge < -0.3 is 5.41 Å². The highest BCUT2D eigenvalue weighted by atomic mass is 32.1. The van der Waals surface area contributed by atoms with E-state index in [0.717, 1.165) is 38.5 Å². The molecule has 0 fully saturated rings. The van der Waals surface area contributed by atoms with Crippen molar-refractivity contribution in [2.75, 3.05) is 5.43 Å². The average Bonchev–Trinajstić information content (AvgIpc) is 3.43. The minimum atomic E-state index is 0.575. The third-order valence-corrected chi connectivity index (χ3v) is 6.20. The molecule has 3 N–H and O–H groups in total. The Balaban J connectivity index is 0.000000187. The molecule has 36 heavy (non-hydrogen) atoms. The van der Waals surface area contributed by atoms with E-state index in [1.807, 2.05) is 133 Å². The molecule has 5 aromatic rings. The van der Waals surface area contributed by atoms with Gasteiger partial charge >= 0.3 is 0 Å². The highest BCUT2D eigenvalue weighted by molar-refractivity contribution is 7.12. The molecule has 0 atom stereocenters. The second-order valence-electron chi connectivity index (χ2n) is 7.75. The Bertz CT molecular complexity index is 1330. The zero-order valence-electron chi connectivity index (χ0n) is 19.6. The third-order valence-electron chi connectivity index (χ3n) is 5.33. The number of benzene rings is 4. The van der Waals surface area contributed by atoms with E-state index in [1.165, 1.54) is 17.6 Å². The second-order valence-corrected chi connectivity index (χ2v) is 8.70. The maximum absolute atomic E-state index is 7.97. The summed E-state index contributed by atoms with van der Waals surface area (Å²) in [5, 5.41) is 21.9. The molecule has 0 amide bonds. The van der Waals surface area contributed by atoms with Gasteiger partial charge in [-0.15, -0.1) is 11.3 Å². The van der Waals surface area contributed by atoms with Crippen molar-refractivity contribution in [3.05, 3.63) is 160 Å². The molecule has 5 heteroatoms. The Morgan fingerprint density at radius 1 is 0.611 bits per heavy atom. The van der Waals surface area contributed by atoms with Gasteiger partial charge in [0, 0.05) is 17.3 Å². The van der Waals surface area contributed by atoms with E-state index >= 15 is 0 Å². The molecule has 4 nitrogen and oxygen atoms in total. The first kappa shape index (κ1) is 24.5. The van der Waals surface area contributed by atoms with E-state index in [0.29, 0.717) is 5.71 Å². The summed E-state index contributed by atoms with van der Waals surface area (Å²) in [5.74, 6) is 0. The molecule has 0 bridgehead atoms. The Morgan fingerprint density at radius 3 is 1.44 bits per heavy atom. The van der Waals surface area contributed by atoms with Gasteiger partial charge in [-0.2, -0.15) is 5.10 Å². The summed E-state index contributed by atoms with van der Waals surface area (Å²) in [7, 11) is 0. The van der Waals surface area contributed by atoms with Crippen molar-refractivity contribution in [1.29, 1.82) is 10.8 Å². The van der Waals surface area contributed by atoms with Crippen LogP contribution in [-0.4, -0.2) is 17.6 Å². The highest BCUT2D eigenvalue weighted by Gasteiger charge is 2.07. The Labute approximate surface area is 215 Å². The Morgan fingerprint density at radius 2 is 1.03 bits per heavy atom. The van der Waals surface area contributed by atoms with Crippen LogP contribution < -0.4 is 5.43 Å². The van der Waals surface area contributed by atoms with E-state index < -0.39 is 0 Å². The molecule has 0 aliphatic rings. The molecular weight excluding hydrogens is 460 g/mol. The molecule has 0 aliphatic heterocycles. The zero-order valence-corrected chi connectivity index (χ0v) is 20.5. The number of nitrogens with zero attached hydrogens (tertiary/aromatic N) is 1. The fraction of sp³-hybridized carbons (Fsp3) is 0. The number of rotatable bonds is 7. The molecule has 0 aliphatic carbocycles. The number of hydrazone groups is 1. The van der Waals surface area contributed by atoms with Crippen LogP contribution in [0.2, 0.25) is 0 Å². The average molecular weight is 487 g/mol. The predicted octanol–water partition coefficient (Wildman–Crippen LogP) is 7.71. The number of hydrogen-bond acceptors (Lipinski definition) is 5. The topological polar surface area (TPSA) is 72.1 Å². The summed E-state index contributed by atoms with van der Waals surface area (Å²) in [5.41, 5.74) is 9.40. The largest absolute Gasteiger partial charge is 0.307 e. The highest BCUT2D eigenvalue weighted by Crippen LogP contribution is 2.20. The summed E-state index contributed by atoms with van der Waals surface area (Å²) in [4.78, 5) is 0.865. The van der Waals surface area contributed by atoms with Gasteiger partial charge in [0.05, 0.1) is 22.0 Å². The zero-order chi connectivity index (χ0) is 25.0. The molecule has 0 radical (unpaired) electrons. The summed E-state index contributed by atoms with van der Waals surface area (Å²) in [6, 6.07) is 41.6. The first-order valence-electron chi connectivity index (χ1n) is 11.5. The lowest BCUT2D eigenvalue weighted by atomic mass is 10.0. The van der Waals surface area contributed by atoms with Crippen molar-refractivity contribution in [2.45, 2.75) is 0 Å². The van der Waals surface area contributed by atoms with E-state index in [1.54, 1.807) is 0 Å². The molecular formula is C31H26N4S. The maximum atomic E-state index is 7.97. The lowest BCUT2D eigenvalue weighted by Gasteiger charge is -2.08. The maximum Gasteiger partial charge on any atom is 0.0977 e. The van der Waals surface area contributed by atoms with E-state index in [2.05, 4.69) is 10.5 Å². The number of thiophene rings is 1. The molecule has 0 saturated heterocycles. The predicted molar refractivity (Wildman–Crippen MR) is 153 cm³/mol. The molecule has 4 aromatic carbocycles. The van der Waals surface area contributed by atoms with Crippen molar-refractivity contribution in [3.63, 3.8) is 0 Å². The molecule has 1 aromatic heterocycles. The van der Waals surface area contributed by atoms with Crippen LogP contribution >= 0.6 is 11.3 Å². The van der Waals surface area contributed by atoms with E-state index in [9.17, 15) is 0 Å². The normalized spacial score (nSPS) is 9.89. The standard InChI is InChI=1S/C18H15N3S.C13H11N/c19-13-17-16(11-12-22-17)20-21-18(14-7-3-1-4-8-14)15-9-5-2-6-10-15;14-13(11-7-3-1-4-8-11)12-9-5-2-6-10-12/h1-13,19-20H;1-10,14H. The van der Waals surface area contributed by atoms with Crippen molar-refractivity contribution in [1.82, 2.24) is 0 Å². The van der Waals surface area contributed by atoms with Gasteiger partial charge in [-0.25, -0.2) is 0 Å². The fourth-order valence-electron chi connectivity index (χ4n) is 3.51. The molecule has 0 spiro atoms. The molecule has 5 rings (SSSR count). The van der Waals surface area contributed by atoms with Crippen LogP contribution in [0.25, 0.3) is 0 Å². The van der Waals surface area contributed by atoms with Crippen molar-refractivity contribution in [3.8, 4) is 0 Å². The summed E-state index contributed by atoms with van der Waals surface area (Å²) >= 11 is 1.52. The van der Waals surface area contributed by atoms with E-state index in [-0.39, 0.29) is 0 Å². The second kappa shape index (κ2) is 12.7. The molecule has 176 valence electrons. The van der Waals surface area contributed by atoms with Gasteiger partial charge in [0.15, 0.2) is 0 Å². The van der Waals surface area contributed by atoms with Crippen LogP contribution in [0.5, 0.6) is 0 Å². The van der Waals surface area contributed by atoms with Crippen LogP contribution in [0.3, 0.4) is 0 Å². The third kappa shape index (κ3) is 6.50. The lowest BCUT2D eigenvalue weighted by Crippen LogP contribution is -2.06. The van der Waals surface area contributed by atoms with Crippen LogP contribution in [0.1, 0.15) is 27.1 Å². The van der Waals surface area contributed by atoms with Crippen LogP contribution in [0, 0.1) is 10.8 Å². The Hall–Kier alpha value is -4.61. The SMILES string of the molecule is N=C(c1ccccc1)c1ccccc1.N=Cc1sccc1NN=C(c1ccccc1)c1ccccc1. The first-order chi connectivity index (χ1) is 17.8. The van der Waals surface area contributed by atoms with E-state index in [4.69, 9.17) is 10.8 Å². The number of anilines is 1. The van der Waals surface area contributed by atoms with Crippen LogP contribution in [0.15, 0.2) is 138 Å². The van der Waals surface area contributed by atoms with Gasteiger partial charge in [0.1, 0.15) is 0 Å². The van der Waals surface area contributed by atoms with Crippen molar-refractivity contribution >= 4 is 34.7 Å². The van der Waals surface area contributed by atoms with Gasteiger partial charge in [0.2, 0.25) is 0 Å². The fourth-order valence-corrected chi connectivity index (χ4v) is 4.16. The first-order valence-corrected chi connectivity index (χ1v) is 12.4. The Kier molecular flexibility index (Phi) is 8.68. The molecule has 0 saturated carbocycles. The lowest BCUT2D eigenvalue weighted by molar-refractivity contribution is 1.33. The van der Waals surface area contributed by atoms with Gasteiger partial charge in [-0.3, -0.25) is 10.8 Å². The monoisotopic (exact) mass is 486 g/mol. The van der Waals surface area contributed by atoms with Crippen LogP contribution in [-0.2, 0) is 0 Å². The minimum Gasteiger partial charge on any atom is -0.307 e. The summed E-state index contributed by atoms with van der Waals surface area (Å²) < 4.78 is 0. The smallest absolute Gasteiger partial charge is 0.0977 e. The van der Waals surface area contributed by atoms with Crippen LogP contribution in [0.4, 0.5) is 5.69 Å². The number of nitrogens with one attached hydrogen (secondary N) is 3. The molecule has 1 heterocycles. The minimum absolute atomic E-state index is 0.575. The summed E-state index contributed by atoms with van der Waals surface area (Å²) in [6.07, 6.45) is 1.34. The van der Waals surface area contributed by atoms with Gasteiger partial charge in [-0.05, 0) is 22.6 Å². The van der Waals surface area contributed by atoms with Crippen molar-refractivity contribution < 1.29 is 0 Å². The van der Waals surface area contributed by atoms with Gasteiger partial charge in [-0.1, -0.05) is 121 Å².